The summed E-state index contributed by atoms with van der Waals surface area (Å²) in [5.74, 6) is 0.526. The van der Waals surface area contributed by atoms with E-state index in [1.54, 1.807) is 6.92 Å². The molecule has 4 nitrogen and oxygen atoms in total. The van der Waals surface area contributed by atoms with Crippen molar-refractivity contribution in [2.45, 2.75) is 52.7 Å². The third-order valence-corrected chi connectivity index (χ3v) is 5.81. The van der Waals surface area contributed by atoms with E-state index in [1.165, 1.54) is 24.9 Å². The Morgan fingerprint density at radius 1 is 1.11 bits per heavy atom. The van der Waals surface area contributed by atoms with Crippen molar-refractivity contribution in [2.75, 3.05) is 18.0 Å². The molecule has 2 aromatic rings. The van der Waals surface area contributed by atoms with Gasteiger partial charge in [0, 0.05) is 30.3 Å². The lowest BCUT2D eigenvalue weighted by Crippen LogP contribution is -2.36. The Balaban J connectivity index is 1.51. The summed E-state index contributed by atoms with van der Waals surface area (Å²) in [5, 5.41) is 3.69. The fourth-order valence-electron chi connectivity index (χ4n) is 3.54. The van der Waals surface area contributed by atoms with Gasteiger partial charge in [-0.25, -0.2) is 0 Å². The molecule has 0 spiro atoms. The number of rotatable bonds is 6. The van der Waals surface area contributed by atoms with E-state index in [2.05, 4.69) is 34.5 Å². The Morgan fingerprint density at radius 3 is 2.32 bits per heavy atom. The van der Waals surface area contributed by atoms with Crippen LogP contribution in [0.15, 0.2) is 36.4 Å². The van der Waals surface area contributed by atoms with Crippen LogP contribution in [0.1, 0.15) is 42.9 Å². The van der Waals surface area contributed by atoms with Gasteiger partial charge in [0.15, 0.2) is 6.10 Å². The predicted molar refractivity (Wildman–Crippen MR) is 115 cm³/mol. The monoisotopic (exact) mass is 400 g/mol. The molecule has 0 unspecified atom stereocenters. The third kappa shape index (κ3) is 5.20. The molecule has 2 aromatic carbocycles. The Labute approximate surface area is 172 Å². The summed E-state index contributed by atoms with van der Waals surface area (Å²) in [6.45, 7) is 8.38. The number of benzene rings is 2. The van der Waals surface area contributed by atoms with E-state index < -0.39 is 6.10 Å². The van der Waals surface area contributed by atoms with Crippen LogP contribution < -0.4 is 15.0 Å². The molecule has 1 amide bonds. The van der Waals surface area contributed by atoms with Crippen LogP contribution in [0.4, 0.5) is 5.69 Å². The molecule has 1 saturated heterocycles. The summed E-state index contributed by atoms with van der Waals surface area (Å²) in [5.41, 5.74) is 4.23. The number of nitrogens with one attached hydrogen (secondary N) is 1. The van der Waals surface area contributed by atoms with Gasteiger partial charge >= 0.3 is 0 Å². The fraction of sp³-hybridized carbons (Fsp3) is 0.435. The lowest BCUT2D eigenvalue weighted by molar-refractivity contribution is -0.127. The van der Waals surface area contributed by atoms with Crippen molar-refractivity contribution >= 4 is 23.2 Å². The zero-order chi connectivity index (χ0) is 20.1. The summed E-state index contributed by atoms with van der Waals surface area (Å²) in [4.78, 5) is 14.8. The third-order valence-electron chi connectivity index (χ3n) is 5.22. The molecule has 5 heteroatoms. The van der Waals surface area contributed by atoms with Crippen LogP contribution in [-0.2, 0) is 11.3 Å². The lowest BCUT2D eigenvalue weighted by Gasteiger charge is -2.28. The first-order chi connectivity index (χ1) is 13.4. The minimum Gasteiger partial charge on any atom is -0.481 e. The molecule has 1 aliphatic rings. The maximum Gasteiger partial charge on any atom is 0.261 e. The molecule has 0 aliphatic carbocycles. The molecular weight excluding hydrogens is 372 g/mol. The molecule has 1 atom stereocenters. The Morgan fingerprint density at radius 2 is 1.71 bits per heavy atom. The number of nitrogens with zero attached hydrogens (tertiary/aromatic N) is 1. The Hall–Kier alpha value is -2.20. The highest BCUT2D eigenvalue weighted by molar-refractivity contribution is 6.32. The molecule has 0 aromatic heterocycles. The molecule has 28 heavy (non-hydrogen) atoms. The minimum absolute atomic E-state index is 0.134. The van der Waals surface area contributed by atoms with E-state index in [-0.39, 0.29) is 5.91 Å². The number of amides is 1. The number of ether oxygens (including phenoxy) is 1. The second kappa shape index (κ2) is 9.33. The number of carbonyl (C=O) groups excluding carboxylic acids is 1. The summed E-state index contributed by atoms with van der Waals surface area (Å²) in [6, 6.07) is 12.2. The Bertz CT molecular complexity index is 791. The molecule has 1 heterocycles. The van der Waals surface area contributed by atoms with Crippen molar-refractivity contribution in [2.24, 2.45) is 0 Å². The van der Waals surface area contributed by atoms with Gasteiger partial charge in [0.1, 0.15) is 5.75 Å². The maximum absolute atomic E-state index is 12.4. The van der Waals surface area contributed by atoms with Crippen molar-refractivity contribution in [1.29, 1.82) is 0 Å². The number of piperidine rings is 1. The lowest BCUT2D eigenvalue weighted by atomic mass is 10.1. The minimum atomic E-state index is -0.576. The fourth-order valence-corrected chi connectivity index (χ4v) is 3.65. The van der Waals surface area contributed by atoms with Gasteiger partial charge in [-0.1, -0.05) is 23.7 Å². The largest absolute Gasteiger partial charge is 0.481 e. The van der Waals surface area contributed by atoms with Crippen LogP contribution in [0.5, 0.6) is 5.75 Å². The van der Waals surface area contributed by atoms with Crippen LogP contribution >= 0.6 is 11.6 Å². The topological polar surface area (TPSA) is 41.6 Å². The van der Waals surface area contributed by atoms with E-state index in [9.17, 15) is 4.79 Å². The molecule has 0 saturated carbocycles. The van der Waals surface area contributed by atoms with Crippen molar-refractivity contribution in [3.8, 4) is 5.75 Å². The van der Waals surface area contributed by atoms with Gasteiger partial charge in [-0.2, -0.15) is 0 Å². The van der Waals surface area contributed by atoms with E-state index in [0.29, 0.717) is 12.3 Å². The number of halogens is 1. The van der Waals surface area contributed by atoms with Crippen molar-refractivity contribution in [3.05, 3.63) is 58.1 Å². The van der Waals surface area contributed by atoms with E-state index in [0.717, 1.165) is 34.8 Å². The first-order valence-corrected chi connectivity index (χ1v) is 10.4. The molecule has 3 rings (SSSR count). The Kier molecular flexibility index (Phi) is 6.84. The van der Waals surface area contributed by atoms with Crippen molar-refractivity contribution in [3.63, 3.8) is 0 Å². The molecule has 1 fully saturated rings. The average molecular weight is 401 g/mol. The number of carbonyl (C=O) groups is 1. The number of anilines is 1. The first kappa shape index (κ1) is 20.5. The zero-order valence-electron chi connectivity index (χ0n) is 16.9. The highest BCUT2D eigenvalue weighted by Gasteiger charge is 2.16. The second-order valence-electron chi connectivity index (χ2n) is 7.56. The van der Waals surface area contributed by atoms with Gasteiger partial charge in [0.2, 0.25) is 0 Å². The summed E-state index contributed by atoms with van der Waals surface area (Å²) < 4.78 is 5.80. The van der Waals surface area contributed by atoms with Gasteiger partial charge in [0.05, 0.1) is 0 Å². The molecule has 1 aliphatic heterocycles. The van der Waals surface area contributed by atoms with Gasteiger partial charge in [-0.05, 0) is 81.0 Å². The van der Waals surface area contributed by atoms with E-state index in [1.807, 2.05) is 26.0 Å². The number of aryl methyl sites for hydroxylation is 2. The van der Waals surface area contributed by atoms with E-state index >= 15 is 0 Å². The molecule has 150 valence electrons. The van der Waals surface area contributed by atoms with Gasteiger partial charge < -0.3 is 15.0 Å². The van der Waals surface area contributed by atoms with Crippen LogP contribution in [0.25, 0.3) is 0 Å². The van der Waals surface area contributed by atoms with Crippen LogP contribution in [-0.4, -0.2) is 25.1 Å². The van der Waals surface area contributed by atoms with Gasteiger partial charge in [-0.3, -0.25) is 4.79 Å². The van der Waals surface area contributed by atoms with Crippen LogP contribution in [0.3, 0.4) is 0 Å². The van der Waals surface area contributed by atoms with Crippen LogP contribution in [0, 0.1) is 13.8 Å². The maximum atomic E-state index is 12.4. The molecular formula is C23H29ClN2O2. The molecule has 0 radical (unpaired) electrons. The van der Waals surface area contributed by atoms with E-state index in [4.69, 9.17) is 16.3 Å². The normalized spacial score (nSPS) is 15.2. The first-order valence-electron chi connectivity index (χ1n) is 9.99. The predicted octanol–water partition coefficient (Wildman–Crippen LogP) is 5.03. The zero-order valence-corrected chi connectivity index (χ0v) is 17.7. The highest BCUT2D eigenvalue weighted by Crippen LogP contribution is 2.26. The second-order valence-corrected chi connectivity index (χ2v) is 7.94. The summed E-state index contributed by atoms with van der Waals surface area (Å²) in [6.07, 6.45) is 3.29. The van der Waals surface area contributed by atoms with Gasteiger partial charge in [-0.15, -0.1) is 0 Å². The summed E-state index contributed by atoms with van der Waals surface area (Å²) in [7, 11) is 0. The molecule has 1 N–H and O–H groups in total. The van der Waals surface area contributed by atoms with Gasteiger partial charge in [0.25, 0.3) is 5.91 Å². The van der Waals surface area contributed by atoms with Crippen LogP contribution in [0.2, 0.25) is 5.02 Å². The SMILES string of the molecule is Cc1cc(O[C@H](C)C(=O)NCc2ccc(N3CCCCC3)cc2)cc(C)c1Cl. The molecule has 0 bridgehead atoms. The standard InChI is InChI=1S/C23H29ClN2O2/c1-16-13-21(14-17(2)22(16)24)28-18(3)23(27)25-15-19-7-9-20(10-8-19)26-11-5-4-6-12-26/h7-10,13-14,18H,4-6,11-12,15H2,1-3H3,(H,25,27)/t18-/m1/s1. The smallest absolute Gasteiger partial charge is 0.261 e. The number of hydrogen-bond donors (Lipinski definition) is 1. The quantitative estimate of drug-likeness (QED) is 0.739. The van der Waals surface area contributed by atoms with Crippen molar-refractivity contribution < 1.29 is 9.53 Å². The average Bonchev–Trinajstić information content (AvgIpc) is 2.71. The summed E-state index contributed by atoms with van der Waals surface area (Å²) >= 11 is 6.19. The number of hydrogen-bond acceptors (Lipinski definition) is 3. The van der Waals surface area contributed by atoms with Crippen molar-refractivity contribution in [1.82, 2.24) is 5.32 Å². The highest BCUT2D eigenvalue weighted by atomic mass is 35.5.